The zero-order chi connectivity index (χ0) is 19.4. The number of morpholine rings is 1. The van der Waals surface area contributed by atoms with Crippen LogP contribution in [0.5, 0.6) is 0 Å². The van der Waals surface area contributed by atoms with Crippen molar-refractivity contribution in [2.45, 2.75) is 38.5 Å². The molecule has 0 bridgehead atoms. The van der Waals surface area contributed by atoms with E-state index in [-0.39, 0.29) is 5.54 Å². The van der Waals surface area contributed by atoms with Crippen LogP contribution in [0.2, 0.25) is 0 Å². The summed E-state index contributed by atoms with van der Waals surface area (Å²) in [5.74, 6) is 0.760. The molecule has 26 heavy (non-hydrogen) atoms. The molecule has 0 saturated carbocycles. The minimum atomic E-state index is -4.17. The Morgan fingerprint density at radius 3 is 2.38 bits per heavy atom. The van der Waals surface area contributed by atoms with Crippen LogP contribution in [0.25, 0.3) is 0 Å². The lowest BCUT2D eigenvalue weighted by Crippen LogP contribution is -2.58. The molecule has 2 saturated heterocycles. The average molecular weight is 379 g/mol. The molecule has 2 fully saturated rings. The lowest BCUT2D eigenvalue weighted by Gasteiger charge is -2.42. The van der Waals surface area contributed by atoms with Crippen molar-refractivity contribution in [3.05, 3.63) is 0 Å². The number of piperazine rings is 1. The van der Waals surface area contributed by atoms with E-state index in [0.717, 1.165) is 38.8 Å². The highest BCUT2D eigenvalue weighted by Gasteiger charge is 2.41. The predicted octanol–water partition coefficient (Wildman–Crippen LogP) is 1.24. The minimum Gasteiger partial charge on any atom is -0.378 e. The molecule has 2 rings (SSSR count). The maximum absolute atomic E-state index is 12.9. The molecule has 0 aliphatic carbocycles. The summed E-state index contributed by atoms with van der Waals surface area (Å²) in [5.41, 5.74) is 0.0167. The van der Waals surface area contributed by atoms with Crippen molar-refractivity contribution in [1.82, 2.24) is 20.0 Å². The number of alkyl halides is 3. The van der Waals surface area contributed by atoms with Crippen molar-refractivity contribution < 1.29 is 17.9 Å². The molecule has 2 aliphatic heterocycles. The SMILES string of the molecule is CN=C(NCCN1CCOCC1(C)C)N1CCN(C(C)C(F)(F)F)CC1. The Bertz CT molecular complexity index is 476. The maximum atomic E-state index is 12.9. The second-order valence-corrected chi connectivity index (χ2v) is 7.57. The first-order chi connectivity index (χ1) is 12.1. The molecule has 0 amide bonds. The zero-order valence-electron chi connectivity index (χ0n) is 16.3. The lowest BCUT2D eigenvalue weighted by atomic mass is 10.0. The van der Waals surface area contributed by atoms with Crippen molar-refractivity contribution in [2.75, 3.05) is 66.1 Å². The molecule has 1 N–H and O–H groups in total. The van der Waals surface area contributed by atoms with Crippen molar-refractivity contribution >= 4 is 5.96 Å². The number of hydrogen-bond donors (Lipinski definition) is 1. The first-order valence-electron chi connectivity index (χ1n) is 9.24. The summed E-state index contributed by atoms with van der Waals surface area (Å²) in [4.78, 5) is 10.2. The van der Waals surface area contributed by atoms with Gasteiger partial charge in [0.1, 0.15) is 6.04 Å². The van der Waals surface area contributed by atoms with E-state index in [0.29, 0.717) is 26.2 Å². The van der Waals surface area contributed by atoms with Gasteiger partial charge < -0.3 is 15.0 Å². The fraction of sp³-hybridized carbons (Fsp3) is 0.941. The highest BCUT2D eigenvalue weighted by molar-refractivity contribution is 5.80. The molecule has 0 aromatic rings. The van der Waals surface area contributed by atoms with Crippen LogP contribution in [-0.2, 0) is 4.74 Å². The molecule has 0 radical (unpaired) electrons. The number of nitrogens with one attached hydrogen (secondary N) is 1. The topological polar surface area (TPSA) is 43.3 Å². The smallest absolute Gasteiger partial charge is 0.378 e. The highest BCUT2D eigenvalue weighted by atomic mass is 19.4. The van der Waals surface area contributed by atoms with Gasteiger partial charge in [0.05, 0.1) is 13.2 Å². The molecular weight excluding hydrogens is 347 g/mol. The first-order valence-corrected chi connectivity index (χ1v) is 9.24. The van der Waals surface area contributed by atoms with E-state index < -0.39 is 12.2 Å². The van der Waals surface area contributed by atoms with Crippen molar-refractivity contribution in [3.8, 4) is 0 Å². The van der Waals surface area contributed by atoms with Crippen LogP contribution < -0.4 is 5.32 Å². The molecule has 9 heteroatoms. The second-order valence-electron chi connectivity index (χ2n) is 7.57. The Kier molecular flexibility index (Phi) is 7.15. The second kappa shape index (κ2) is 8.75. The standard InChI is InChI=1S/C17H32F3N5O/c1-14(17(18,19)20)23-7-9-24(10-8-23)15(21-4)22-5-6-25-11-12-26-13-16(25,2)3/h14H,5-13H2,1-4H3,(H,21,22). The van der Waals surface area contributed by atoms with Crippen molar-refractivity contribution in [2.24, 2.45) is 4.99 Å². The zero-order valence-corrected chi connectivity index (χ0v) is 16.3. The van der Waals surface area contributed by atoms with E-state index in [2.05, 4.69) is 29.1 Å². The van der Waals surface area contributed by atoms with Crippen molar-refractivity contribution in [3.63, 3.8) is 0 Å². The molecule has 2 aliphatic rings. The fourth-order valence-electron chi connectivity index (χ4n) is 3.47. The van der Waals surface area contributed by atoms with E-state index in [1.807, 2.05) is 4.90 Å². The summed E-state index contributed by atoms with van der Waals surface area (Å²) in [6, 6.07) is -1.40. The maximum Gasteiger partial charge on any atom is 0.403 e. The Balaban J connectivity index is 1.78. The van der Waals surface area contributed by atoms with Gasteiger partial charge in [0.15, 0.2) is 5.96 Å². The van der Waals surface area contributed by atoms with Gasteiger partial charge in [0.2, 0.25) is 0 Å². The third kappa shape index (κ3) is 5.47. The van der Waals surface area contributed by atoms with Gasteiger partial charge in [-0.1, -0.05) is 0 Å². The first kappa shape index (κ1) is 21.2. The Morgan fingerprint density at radius 1 is 1.19 bits per heavy atom. The third-order valence-electron chi connectivity index (χ3n) is 5.33. The Labute approximate surface area is 154 Å². The molecule has 0 aromatic carbocycles. The van der Waals surface area contributed by atoms with Gasteiger partial charge >= 0.3 is 6.18 Å². The van der Waals surface area contributed by atoms with Gasteiger partial charge in [-0.25, -0.2) is 0 Å². The predicted molar refractivity (Wildman–Crippen MR) is 96.5 cm³/mol. The largest absolute Gasteiger partial charge is 0.403 e. The van der Waals surface area contributed by atoms with E-state index in [1.54, 1.807) is 7.05 Å². The van der Waals surface area contributed by atoms with Gasteiger partial charge in [-0.05, 0) is 20.8 Å². The van der Waals surface area contributed by atoms with Crippen LogP contribution in [-0.4, -0.2) is 104 Å². The van der Waals surface area contributed by atoms with Crippen LogP contribution in [0.15, 0.2) is 4.99 Å². The van der Waals surface area contributed by atoms with Gasteiger partial charge in [0, 0.05) is 58.4 Å². The summed E-state index contributed by atoms with van der Waals surface area (Å²) in [7, 11) is 1.71. The van der Waals surface area contributed by atoms with Gasteiger partial charge in [0.25, 0.3) is 0 Å². The van der Waals surface area contributed by atoms with Crippen LogP contribution >= 0.6 is 0 Å². The van der Waals surface area contributed by atoms with Crippen LogP contribution in [0, 0.1) is 0 Å². The molecule has 1 atom stereocenters. The summed E-state index contributed by atoms with van der Waals surface area (Å²) in [6.45, 7) is 11.4. The number of ether oxygens (including phenoxy) is 1. The fourth-order valence-corrected chi connectivity index (χ4v) is 3.47. The Hall–Kier alpha value is -1.06. The number of hydrogen-bond acceptors (Lipinski definition) is 4. The number of rotatable bonds is 4. The number of halogens is 3. The summed E-state index contributed by atoms with van der Waals surface area (Å²) in [6.07, 6.45) is -4.17. The highest BCUT2D eigenvalue weighted by Crippen LogP contribution is 2.25. The quantitative estimate of drug-likeness (QED) is 0.588. The van der Waals surface area contributed by atoms with E-state index >= 15 is 0 Å². The lowest BCUT2D eigenvalue weighted by molar-refractivity contribution is -0.181. The molecule has 6 nitrogen and oxygen atoms in total. The minimum absolute atomic E-state index is 0.0167. The molecule has 2 heterocycles. The van der Waals surface area contributed by atoms with E-state index in [9.17, 15) is 13.2 Å². The molecule has 0 aromatic heterocycles. The van der Waals surface area contributed by atoms with Gasteiger partial charge in [-0.2, -0.15) is 13.2 Å². The molecule has 1 unspecified atom stereocenters. The normalized spacial score (nSPS) is 24.6. The molecule has 0 spiro atoms. The molecule has 152 valence electrons. The summed E-state index contributed by atoms with van der Waals surface area (Å²) < 4.78 is 44.1. The molecular formula is C17H32F3N5O. The van der Waals surface area contributed by atoms with E-state index in [1.165, 1.54) is 11.8 Å². The monoisotopic (exact) mass is 379 g/mol. The van der Waals surface area contributed by atoms with Gasteiger partial charge in [-0.15, -0.1) is 0 Å². The van der Waals surface area contributed by atoms with Crippen LogP contribution in [0.1, 0.15) is 20.8 Å². The number of guanidine groups is 1. The summed E-state index contributed by atoms with van der Waals surface area (Å²) >= 11 is 0. The number of nitrogens with zero attached hydrogens (tertiary/aromatic N) is 4. The van der Waals surface area contributed by atoms with Crippen LogP contribution in [0.4, 0.5) is 13.2 Å². The summed E-state index contributed by atoms with van der Waals surface area (Å²) in [5, 5.41) is 3.35. The number of aliphatic imine (C=N–C) groups is 1. The van der Waals surface area contributed by atoms with E-state index in [4.69, 9.17) is 4.74 Å². The van der Waals surface area contributed by atoms with Crippen molar-refractivity contribution in [1.29, 1.82) is 0 Å². The Morgan fingerprint density at radius 2 is 1.85 bits per heavy atom. The third-order valence-corrected chi connectivity index (χ3v) is 5.33. The van der Waals surface area contributed by atoms with Gasteiger partial charge in [-0.3, -0.25) is 14.8 Å². The average Bonchev–Trinajstić information content (AvgIpc) is 2.58. The van der Waals surface area contributed by atoms with Crippen LogP contribution in [0.3, 0.4) is 0 Å².